The molecule has 1 heterocycles. The summed E-state index contributed by atoms with van der Waals surface area (Å²) in [4.78, 5) is 4.20. The third kappa shape index (κ3) is 5.67. The van der Waals surface area contributed by atoms with Gasteiger partial charge < -0.3 is 14.8 Å². The van der Waals surface area contributed by atoms with Gasteiger partial charge in [-0.05, 0) is 31.5 Å². The minimum Gasteiger partial charge on any atom is -0.474 e. The number of hydrogen-bond donors (Lipinski definition) is 1. The fourth-order valence-corrected chi connectivity index (χ4v) is 1.66. The standard InChI is InChI=1S/C13H21ClN2O2/c1-3-5-15-9-11-8-12(14)13(16-10-11)18-7-6-17-4-2/h8,10,15H,3-7,9H2,1-2H3. The van der Waals surface area contributed by atoms with E-state index in [1.165, 1.54) is 0 Å². The first-order chi connectivity index (χ1) is 8.77. The van der Waals surface area contributed by atoms with Gasteiger partial charge in [0.2, 0.25) is 5.88 Å². The minimum absolute atomic E-state index is 0.466. The molecule has 0 aliphatic heterocycles. The van der Waals surface area contributed by atoms with Crippen LogP contribution in [0.5, 0.6) is 5.88 Å². The Labute approximate surface area is 114 Å². The van der Waals surface area contributed by atoms with Crippen LogP contribution in [-0.2, 0) is 11.3 Å². The van der Waals surface area contributed by atoms with Gasteiger partial charge in [0.05, 0.1) is 6.61 Å². The highest BCUT2D eigenvalue weighted by molar-refractivity contribution is 6.31. The third-order valence-corrected chi connectivity index (χ3v) is 2.56. The topological polar surface area (TPSA) is 43.4 Å². The second-order valence-electron chi connectivity index (χ2n) is 3.85. The summed E-state index contributed by atoms with van der Waals surface area (Å²) in [6.45, 7) is 7.55. The molecule has 0 atom stereocenters. The molecule has 1 rings (SSSR count). The van der Waals surface area contributed by atoms with E-state index in [0.29, 0.717) is 30.7 Å². The predicted molar refractivity (Wildman–Crippen MR) is 73.2 cm³/mol. The Balaban J connectivity index is 2.41. The van der Waals surface area contributed by atoms with Gasteiger partial charge in [-0.2, -0.15) is 0 Å². The molecular weight excluding hydrogens is 252 g/mol. The summed E-state index contributed by atoms with van der Waals surface area (Å²) in [5.74, 6) is 0.468. The smallest absolute Gasteiger partial charge is 0.232 e. The lowest BCUT2D eigenvalue weighted by atomic mass is 10.3. The maximum atomic E-state index is 6.10. The highest BCUT2D eigenvalue weighted by Crippen LogP contribution is 2.22. The zero-order valence-electron chi connectivity index (χ0n) is 11.0. The number of pyridine rings is 1. The number of nitrogens with zero attached hydrogens (tertiary/aromatic N) is 1. The van der Waals surface area contributed by atoms with Gasteiger partial charge in [-0.25, -0.2) is 4.98 Å². The van der Waals surface area contributed by atoms with E-state index < -0.39 is 0 Å². The molecule has 0 saturated carbocycles. The average molecular weight is 273 g/mol. The quantitative estimate of drug-likeness (QED) is 0.702. The summed E-state index contributed by atoms with van der Waals surface area (Å²) in [5.41, 5.74) is 1.06. The molecule has 102 valence electrons. The second kappa shape index (κ2) is 9.14. The molecule has 0 bridgehead atoms. The maximum Gasteiger partial charge on any atom is 0.232 e. The molecule has 0 fully saturated rings. The van der Waals surface area contributed by atoms with Crippen molar-refractivity contribution in [3.63, 3.8) is 0 Å². The van der Waals surface area contributed by atoms with E-state index >= 15 is 0 Å². The summed E-state index contributed by atoms with van der Waals surface area (Å²) in [6, 6.07) is 1.88. The first kappa shape index (κ1) is 15.2. The monoisotopic (exact) mass is 272 g/mol. The first-order valence-electron chi connectivity index (χ1n) is 6.33. The largest absolute Gasteiger partial charge is 0.474 e. The van der Waals surface area contributed by atoms with Gasteiger partial charge in [-0.15, -0.1) is 0 Å². The third-order valence-electron chi connectivity index (χ3n) is 2.29. The van der Waals surface area contributed by atoms with E-state index in [4.69, 9.17) is 21.1 Å². The van der Waals surface area contributed by atoms with Crippen LogP contribution in [0.1, 0.15) is 25.8 Å². The molecule has 1 aromatic heterocycles. The van der Waals surface area contributed by atoms with Gasteiger partial charge in [0.25, 0.3) is 0 Å². The van der Waals surface area contributed by atoms with Crippen LogP contribution >= 0.6 is 11.6 Å². The Hall–Kier alpha value is -0.840. The molecule has 1 aromatic rings. The lowest BCUT2D eigenvalue weighted by Crippen LogP contribution is -2.14. The maximum absolute atomic E-state index is 6.10. The normalized spacial score (nSPS) is 10.6. The van der Waals surface area contributed by atoms with Crippen molar-refractivity contribution in [1.29, 1.82) is 0 Å². The summed E-state index contributed by atoms with van der Waals surface area (Å²) in [5, 5.41) is 3.84. The van der Waals surface area contributed by atoms with Crippen molar-refractivity contribution < 1.29 is 9.47 Å². The SMILES string of the molecule is CCCNCc1cnc(OCCOCC)c(Cl)c1. The molecule has 0 unspecified atom stereocenters. The van der Waals surface area contributed by atoms with Crippen LogP contribution in [-0.4, -0.2) is 31.3 Å². The van der Waals surface area contributed by atoms with E-state index in [0.717, 1.165) is 25.1 Å². The molecule has 0 amide bonds. The van der Waals surface area contributed by atoms with E-state index in [1.807, 2.05) is 13.0 Å². The number of halogens is 1. The van der Waals surface area contributed by atoms with Crippen LogP contribution in [0, 0.1) is 0 Å². The van der Waals surface area contributed by atoms with Crippen LogP contribution in [0.4, 0.5) is 0 Å². The van der Waals surface area contributed by atoms with Crippen LogP contribution in [0.2, 0.25) is 5.02 Å². The summed E-state index contributed by atoms with van der Waals surface area (Å²) < 4.78 is 10.6. The van der Waals surface area contributed by atoms with Crippen LogP contribution < -0.4 is 10.1 Å². The molecule has 1 N–H and O–H groups in total. The van der Waals surface area contributed by atoms with Crippen molar-refractivity contribution in [2.45, 2.75) is 26.8 Å². The minimum atomic E-state index is 0.466. The predicted octanol–water partition coefficient (Wildman–Crippen LogP) is 2.65. The van der Waals surface area contributed by atoms with Crippen molar-refractivity contribution in [2.75, 3.05) is 26.4 Å². The molecule has 0 aromatic carbocycles. The van der Waals surface area contributed by atoms with Crippen LogP contribution in [0.15, 0.2) is 12.3 Å². The van der Waals surface area contributed by atoms with Crippen LogP contribution in [0.25, 0.3) is 0 Å². The highest BCUT2D eigenvalue weighted by atomic mass is 35.5. The summed E-state index contributed by atoms with van der Waals surface area (Å²) in [6.07, 6.45) is 2.89. The van der Waals surface area contributed by atoms with E-state index in [9.17, 15) is 0 Å². The van der Waals surface area contributed by atoms with E-state index in [-0.39, 0.29) is 0 Å². The van der Waals surface area contributed by atoms with Crippen molar-refractivity contribution in [1.82, 2.24) is 10.3 Å². The number of aromatic nitrogens is 1. The number of hydrogen-bond acceptors (Lipinski definition) is 4. The zero-order chi connectivity index (χ0) is 13.2. The summed E-state index contributed by atoms with van der Waals surface area (Å²) >= 11 is 6.10. The van der Waals surface area contributed by atoms with E-state index in [1.54, 1.807) is 6.20 Å². The van der Waals surface area contributed by atoms with Crippen LogP contribution in [0.3, 0.4) is 0 Å². The Morgan fingerprint density at radius 2 is 2.17 bits per heavy atom. The molecular formula is C13H21ClN2O2. The molecule has 0 aliphatic carbocycles. The van der Waals surface area contributed by atoms with Crippen molar-refractivity contribution in [3.8, 4) is 5.88 Å². The molecule has 0 saturated heterocycles. The van der Waals surface area contributed by atoms with Gasteiger partial charge >= 0.3 is 0 Å². The lowest BCUT2D eigenvalue weighted by Gasteiger charge is -2.09. The molecule has 0 spiro atoms. The van der Waals surface area contributed by atoms with Gasteiger partial charge in [0.1, 0.15) is 11.6 Å². The van der Waals surface area contributed by atoms with Gasteiger partial charge in [-0.3, -0.25) is 0 Å². The van der Waals surface area contributed by atoms with Crippen molar-refractivity contribution in [2.24, 2.45) is 0 Å². The zero-order valence-corrected chi connectivity index (χ0v) is 11.8. The number of rotatable bonds is 9. The van der Waals surface area contributed by atoms with Gasteiger partial charge in [0, 0.05) is 19.3 Å². The average Bonchev–Trinajstić information content (AvgIpc) is 2.37. The van der Waals surface area contributed by atoms with Gasteiger partial charge in [0.15, 0.2) is 0 Å². The van der Waals surface area contributed by atoms with E-state index in [2.05, 4.69) is 17.2 Å². The molecule has 0 radical (unpaired) electrons. The second-order valence-corrected chi connectivity index (χ2v) is 4.26. The molecule has 5 heteroatoms. The molecule has 4 nitrogen and oxygen atoms in total. The van der Waals surface area contributed by atoms with Crippen molar-refractivity contribution in [3.05, 3.63) is 22.8 Å². The number of nitrogens with one attached hydrogen (secondary N) is 1. The van der Waals surface area contributed by atoms with Gasteiger partial charge in [-0.1, -0.05) is 18.5 Å². The van der Waals surface area contributed by atoms with Crippen molar-refractivity contribution >= 4 is 11.6 Å². The summed E-state index contributed by atoms with van der Waals surface area (Å²) in [7, 11) is 0. The molecule has 18 heavy (non-hydrogen) atoms. The Kier molecular flexibility index (Phi) is 7.73. The first-order valence-corrected chi connectivity index (χ1v) is 6.71. The fourth-order valence-electron chi connectivity index (χ4n) is 1.42. The lowest BCUT2D eigenvalue weighted by molar-refractivity contribution is 0.108. The number of ether oxygens (including phenoxy) is 2. The fraction of sp³-hybridized carbons (Fsp3) is 0.615. The molecule has 0 aliphatic rings. The Morgan fingerprint density at radius 3 is 2.83 bits per heavy atom. The Bertz CT molecular complexity index is 348. The Morgan fingerprint density at radius 1 is 1.33 bits per heavy atom. The highest BCUT2D eigenvalue weighted by Gasteiger charge is 2.04.